The highest BCUT2D eigenvalue weighted by molar-refractivity contribution is 5.27. The first-order chi connectivity index (χ1) is 8.65. The zero-order chi connectivity index (χ0) is 13.0. The molecule has 0 atom stereocenters. The Morgan fingerprint density at radius 1 is 1.33 bits per heavy atom. The largest absolute Gasteiger partial charge is 0.475 e. The molecular weight excluding hydrogens is 230 g/mol. The van der Waals surface area contributed by atoms with Crippen molar-refractivity contribution in [2.24, 2.45) is 7.05 Å². The third-order valence-corrected chi connectivity index (χ3v) is 2.31. The summed E-state index contributed by atoms with van der Waals surface area (Å²) in [5, 5.41) is 3.12. The van der Waals surface area contributed by atoms with Crippen molar-refractivity contribution in [1.29, 1.82) is 0 Å². The quantitative estimate of drug-likeness (QED) is 0.869. The lowest BCUT2D eigenvalue weighted by Gasteiger charge is -2.10. The number of nitrogens with zero attached hydrogens (tertiary/aromatic N) is 4. The minimum Gasteiger partial charge on any atom is -0.475 e. The number of aromatic nitrogens is 4. The molecule has 0 amide bonds. The maximum absolute atomic E-state index is 5.50. The summed E-state index contributed by atoms with van der Waals surface area (Å²) in [4.78, 5) is 12.6. The van der Waals surface area contributed by atoms with Crippen LogP contribution < -0.4 is 10.1 Å². The van der Waals surface area contributed by atoms with Crippen molar-refractivity contribution in [3.05, 3.63) is 30.5 Å². The fraction of sp³-hybridized carbons (Fsp3) is 0.417. The van der Waals surface area contributed by atoms with Gasteiger partial charge in [0, 0.05) is 31.7 Å². The first-order valence-electron chi connectivity index (χ1n) is 5.85. The summed E-state index contributed by atoms with van der Waals surface area (Å²) in [5.74, 6) is 2.03. The Hall–Kier alpha value is -2.11. The summed E-state index contributed by atoms with van der Waals surface area (Å²) >= 11 is 0. The van der Waals surface area contributed by atoms with Crippen molar-refractivity contribution < 1.29 is 4.74 Å². The predicted octanol–water partition coefficient (Wildman–Crippen LogP) is 1.61. The number of aryl methyl sites for hydroxylation is 1. The molecule has 0 spiro atoms. The van der Waals surface area contributed by atoms with Crippen molar-refractivity contribution in [3.63, 3.8) is 0 Å². The number of hydrogen-bond acceptors (Lipinski definition) is 5. The van der Waals surface area contributed by atoms with Crippen LogP contribution in [0.15, 0.2) is 24.7 Å². The number of hydrogen-bond donors (Lipinski definition) is 1. The van der Waals surface area contributed by atoms with E-state index in [4.69, 9.17) is 4.74 Å². The van der Waals surface area contributed by atoms with Crippen LogP contribution in [0.1, 0.15) is 19.7 Å². The van der Waals surface area contributed by atoms with Crippen molar-refractivity contribution in [2.45, 2.75) is 26.5 Å². The molecule has 18 heavy (non-hydrogen) atoms. The Morgan fingerprint density at radius 2 is 2.17 bits per heavy atom. The number of nitrogens with one attached hydrogen (secondary N) is 1. The molecule has 2 aromatic rings. The van der Waals surface area contributed by atoms with Gasteiger partial charge >= 0.3 is 0 Å². The van der Waals surface area contributed by atoms with Gasteiger partial charge in [0.15, 0.2) is 0 Å². The standard InChI is InChI=1S/C12H17N5O/c1-9(2)18-11-4-5-14-12(16-11)15-8-10-13-6-7-17(10)3/h4-7,9H,8H2,1-3H3,(H,14,15,16). The van der Waals surface area contributed by atoms with E-state index in [-0.39, 0.29) is 6.10 Å². The molecule has 0 aliphatic heterocycles. The average molecular weight is 247 g/mol. The summed E-state index contributed by atoms with van der Waals surface area (Å²) in [6.45, 7) is 4.50. The van der Waals surface area contributed by atoms with Crippen LogP contribution >= 0.6 is 0 Å². The Kier molecular flexibility index (Phi) is 3.76. The van der Waals surface area contributed by atoms with Crippen LogP contribution in [-0.2, 0) is 13.6 Å². The molecule has 6 nitrogen and oxygen atoms in total. The van der Waals surface area contributed by atoms with E-state index < -0.39 is 0 Å². The van der Waals surface area contributed by atoms with E-state index in [0.29, 0.717) is 18.4 Å². The van der Waals surface area contributed by atoms with Crippen LogP contribution in [0, 0.1) is 0 Å². The van der Waals surface area contributed by atoms with E-state index in [1.807, 2.05) is 31.7 Å². The van der Waals surface area contributed by atoms with Gasteiger partial charge in [-0.25, -0.2) is 9.97 Å². The van der Waals surface area contributed by atoms with E-state index in [0.717, 1.165) is 5.82 Å². The van der Waals surface area contributed by atoms with Crippen molar-refractivity contribution in [2.75, 3.05) is 5.32 Å². The Labute approximate surface area is 106 Å². The van der Waals surface area contributed by atoms with E-state index in [1.54, 1.807) is 18.5 Å². The van der Waals surface area contributed by atoms with E-state index >= 15 is 0 Å². The van der Waals surface area contributed by atoms with Gasteiger partial charge in [0.2, 0.25) is 11.8 Å². The molecule has 0 aromatic carbocycles. The molecular formula is C12H17N5O. The third-order valence-electron chi connectivity index (χ3n) is 2.31. The predicted molar refractivity (Wildman–Crippen MR) is 68.3 cm³/mol. The average Bonchev–Trinajstić information content (AvgIpc) is 2.72. The normalized spacial score (nSPS) is 10.7. The second-order valence-corrected chi connectivity index (χ2v) is 4.19. The summed E-state index contributed by atoms with van der Waals surface area (Å²) in [7, 11) is 1.95. The van der Waals surface area contributed by atoms with Gasteiger partial charge in [0.1, 0.15) is 5.82 Å². The summed E-state index contributed by atoms with van der Waals surface area (Å²) < 4.78 is 7.45. The van der Waals surface area contributed by atoms with Gasteiger partial charge < -0.3 is 14.6 Å². The van der Waals surface area contributed by atoms with E-state index in [9.17, 15) is 0 Å². The maximum Gasteiger partial charge on any atom is 0.226 e. The monoisotopic (exact) mass is 247 g/mol. The Morgan fingerprint density at radius 3 is 2.83 bits per heavy atom. The second kappa shape index (κ2) is 5.48. The third kappa shape index (κ3) is 3.19. The molecule has 0 unspecified atom stereocenters. The number of rotatable bonds is 5. The molecule has 2 aromatic heterocycles. The van der Waals surface area contributed by atoms with E-state index in [2.05, 4.69) is 20.3 Å². The molecule has 0 aliphatic rings. The summed E-state index contributed by atoms with van der Waals surface area (Å²) in [6, 6.07) is 1.74. The molecule has 0 saturated carbocycles. The van der Waals surface area contributed by atoms with Gasteiger partial charge in [-0.1, -0.05) is 0 Å². The number of ether oxygens (including phenoxy) is 1. The molecule has 2 rings (SSSR count). The van der Waals surface area contributed by atoms with Gasteiger partial charge in [0.25, 0.3) is 0 Å². The molecule has 0 saturated heterocycles. The molecule has 0 radical (unpaired) electrons. The molecule has 96 valence electrons. The van der Waals surface area contributed by atoms with Crippen LogP contribution in [0.2, 0.25) is 0 Å². The second-order valence-electron chi connectivity index (χ2n) is 4.19. The van der Waals surface area contributed by atoms with Gasteiger partial charge in [0.05, 0.1) is 12.6 Å². The fourth-order valence-electron chi connectivity index (χ4n) is 1.46. The number of imidazole rings is 1. The lowest BCUT2D eigenvalue weighted by Crippen LogP contribution is -2.10. The number of anilines is 1. The highest BCUT2D eigenvalue weighted by atomic mass is 16.5. The minimum absolute atomic E-state index is 0.0993. The minimum atomic E-state index is 0.0993. The van der Waals surface area contributed by atoms with Gasteiger partial charge in [-0.15, -0.1) is 0 Å². The van der Waals surface area contributed by atoms with Crippen molar-refractivity contribution in [1.82, 2.24) is 19.5 Å². The molecule has 0 fully saturated rings. The zero-order valence-electron chi connectivity index (χ0n) is 10.8. The van der Waals surface area contributed by atoms with Gasteiger partial charge in [-0.3, -0.25) is 0 Å². The highest BCUT2D eigenvalue weighted by Gasteiger charge is 2.03. The van der Waals surface area contributed by atoms with Crippen LogP contribution in [0.4, 0.5) is 5.95 Å². The fourth-order valence-corrected chi connectivity index (χ4v) is 1.46. The first-order valence-corrected chi connectivity index (χ1v) is 5.85. The van der Waals surface area contributed by atoms with Gasteiger partial charge in [-0.05, 0) is 13.8 Å². The zero-order valence-corrected chi connectivity index (χ0v) is 10.8. The first kappa shape index (κ1) is 12.3. The molecule has 0 bridgehead atoms. The lowest BCUT2D eigenvalue weighted by molar-refractivity contribution is 0.232. The molecule has 6 heteroatoms. The molecule has 0 aliphatic carbocycles. The van der Waals surface area contributed by atoms with Crippen LogP contribution in [0.25, 0.3) is 0 Å². The Balaban J connectivity index is 1.99. The molecule has 1 N–H and O–H groups in total. The smallest absolute Gasteiger partial charge is 0.226 e. The summed E-state index contributed by atoms with van der Waals surface area (Å²) in [5.41, 5.74) is 0. The van der Waals surface area contributed by atoms with Crippen LogP contribution in [0.5, 0.6) is 5.88 Å². The van der Waals surface area contributed by atoms with Gasteiger partial charge in [-0.2, -0.15) is 4.98 Å². The maximum atomic E-state index is 5.50. The Bertz CT molecular complexity index is 509. The SMILES string of the molecule is CC(C)Oc1ccnc(NCc2nccn2C)n1. The van der Waals surface area contributed by atoms with Crippen LogP contribution in [-0.4, -0.2) is 25.6 Å². The van der Waals surface area contributed by atoms with E-state index in [1.165, 1.54) is 0 Å². The topological polar surface area (TPSA) is 64.9 Å². The highest BCUT2D eigenvalue weighted by Crippen LogP contribution is 2.10. The van der Waals surface area contributed by atoms with Crippen LogP contribution in [0.3, 0.4) is 0 Å². The summed E-state index contributed by atoms with van der Waals surface area (Å²) in [6.07, 6.45) is 5.43. The van der Waals surface area contributed by atoms with Crippen molar-refractivity contribution in [3.8, 4) is 5.88 Å². The van der Waals surface area contributed by atoms with Crippen molar-refractivity contribution >= 4 is 5.95 Å². The molecule has 2 heterocycles. The lowest BCUT2D eigenvalue weighted by atomic mass is 10.5.